The van der Waals surface area contributed by atoms with E-state index in [0.29, 0.717) is 0 Å². The van der Waals surface area contributed by atoms with Gasteiger partial charge in [-0.15, -0.1) is 0 Å². The molecule has 0 spiro atoms. The summed E-state index contributed by atoms with van der Waals surface area (Å²) in [6.07, 6.45) is 1.92. The summed E-state index contributed by atoms with van der Waals surface area (Å²) < 4.78 is 0. The second kappa shape index (κ2) is 9.00. The van der Waals surface area contributed by atoms with E-state index in [1.54, 1.807) is 0 Å². The second-order valence-electron chi connectivity index (χ2n) is 6.65. The highest BCUT2D eigenvalue weighted by Gasteiger charge is 2.15. The molecule has 0 fully saturated rings. The van der Waals surface area contributed by atoms with Crippen LogP contribution in [0.3, 0.4) is 0 Å². The van der Waals surface area contributed by atoms with Crippen molar-refractivity contribution in [3.8, 4) is 0 Å². The second-order valence-corrected chi connectivity index (χ2v) is 6.65. The summed E-state index contributed by atoms with van der Waals surface area (Å²) in [7, 11) is 4.16. The Morgan fingerprint density at radius 1 is 0.731 bits per heavy atom. The van der Waals surface area contributed by atoms with Gasteiger partial charge in [-0.2, -0.15) is 0 Å². The third kappa shape index (κ3) is 4.82. The van der Waals surface area contributed by atoms with Gasteiger partial charge < -0.3 is 4.90 Å². The lowest BCUT2D eigenvalue weighted by Gasteiger charge is -2.21. The van der Waals surface area contributed by atoms with E-state index in [9.17, 15) is 0 Å². The summed E-state index contributed by atoms with van der Waals surface area (Å²) in [6.45, 7) is 0. The number of hydrogen-bond acceptors (Lipinski definition) is 1. The molecule has 0 aromatic heterocycles. The maximum atomic E-state index is 5.17. The lowest BCUT2D eigenvalue weighted by Crippen LogP contribution is -2.23. The molecule has 0 saturated carbocycles. The maximum Gasteiger partial charge on any atom is 0.102 e. The van der Waals surface area contributed by atoms with Crippen LogP contribution in [-0.2, 0) is 6.42 Å². The fourth-order valence-electron chi connectivity index (χ4n) is 3.07. The largest absolute Gasteiger partial charge is 0.366 e. The molecule has 0 unspecified atom stereocenters. The van der Waals surface area contributed by atoms with Crippen molar-refractivity contribution in [2.45, 2.75) is 18.9 Å². The third-order valence-corrected chi connectivity index (χ3v) is 4.51. The van der Waals surface area contributed by atoms with Crippen molar-refractivity contribution >= 4 is 5.84 Å². The number of amidine groups is 1. The first kappa shape index (κ1) is 17.9. The van der Waals surface area contributed by atoms with E-state index >= 15 is 0 Å². The van der Waals surface area contributed by atoms with Gasteiger partial charge in [-0.05, 0) is 23.1 Å². The van der Waals surface area contributed by atoms with Gasteiger partial charge in [0.05, 0.1) is 5.84 Å². The Labute approximate surface area is 156 Å². The van der Waals surface area contributed by atoms with Crippen LogP contribution in [-0.4, -0.2) is 24.8 Å². The minimum absolute atomic E-state index is 0.0190. The molecule has 0 amide bonds. The fraction of sp³-hybridized carbons (Fsp3) is 0.208. The van der Waals surface area contributed by atoms with Crippen LogP contribution < -0.4 is 0 Å². The fourth-order valence-corrected chi connectivity index (χ4v) is 3.07. The quantitative estimate of drug-likeness (QED) is 0.434. The minimum atomic E-state index is 0.0190. The highest BCUT2D eigenvalue weighted by molar-refractivity contribution is 5.82. The summed E-state index contributed by atoms with van der Waals surface area (Å²) in [6, 6.07) is 31.7. The Morgan fingerprint density at radius 2 is 1.19 bits per heavy atom. The predicted molar refractivity (Wildman–Crippen MR) is 111 cm³/mol. The zero-order valence-electron chi connectivity index (χ0n) is 15.5. The monoisotopic (exact) mass is 342 g/mol. The van der Waals surface area contributed by atoms with Gasteiger partial charge in [0.2, 0.25) is 0 Å². The first-order chi connectivity index (χ1) is 12.7. The van der Waals surface area contributed by atoms with Gasteiger partial charge in [-0.25, -0.2) is 0 Å². The van der Waals surface area contributed by atoms with E-state index in [1.165, 1.54) is 16.7 Å². The molecule has 3 aromatic rings. The summed E-state index contributed by atoms with van der Waals surface area (Å²) in [5.41, 5.74) is 3.79. The molecule has 132 valence electrons. The lowest BCUT2D eigenvalue weighted by atomic mass is 9.99. The van der Waals surface area contributed by atoms with Crippen LogP contribution in [0.5, 0.6) is 0 Å². The average molecular weight is 342 g/mol. The number of rotatable bonds is 6. The van der Waals surface area contributed by atoms with Crippen molar-refractivity contribution in [1.29, 1.82) is 0 Å². The lowest BCUT2D eigenvalue weighted by molar-refractivity contribution is 0.591. The molecule has 0 radical (unpaired) electrons. The molecule has 0 aliphatic carbocycles. The van der Waals surface area contributed by atoms with Crippen molar-refractivity contribution in [3.05, 3.63) is 108 Å². The summed E-state index contributed by atoms with van der Waals surface area (Å²) in [4.78, 5) is 7.31. The minimum Gasteiger partial charge on any atom is -0.366 e. The number of aliphatic imine (C=N–C) groups is 1. The van der Waals surface area contributed by atoms with Gasteiger partial charge in [0.15, 0.2) is 0 Å². The molecule has 0 bridgehead atoms. The van der Waals surface area contributed by atoms with Crippen molar-refractivity contribution in [2.24, 2.45) is 4.99 Å². The molecular formula is C24H26N2. The van der Waals surface area contributed by atoms with E-state index in [2.05, 4.69) is 110 Å². The van der Waals surface area contributed by atoms with E-state index in [0.717, 1.165) is 18.7 Å². The number of aryl methyl sites for hydroxylation is 1. The van der Waals surface area contributed by atoms with Crippen LogP contribution in [0.15, 0.2) is 96.0 Å². The first-order valence-corrected chi connectivity index (χ1v) is 9.12. The standard InChI is InChI=1S/C24H26N2/c1-26(2)23(19-18-20-12-6-3-7-13-20)25-24(21-14-8-4-9-15-21)22-16-10-5-11-17-22/h3-17,24H,18-19H2,1-2H3/b25-23-. The average Bonchev–Trinajstić information content (AvgIpc) is 2.70. The zero-order chi connectivity index (χ0) is 18.2. The molecule has 0 heterocycles. The molecule has 2 heteroatoms. The van der Waals surface area contributed by atoms with Crippen molar-refractivity contribution in [3.63, 3.8) is 0 Å². The Kier molecular flexibility index (Phi) is 6.21. The normalized spacial score (nSPS) is 11.6. The SMILES string of the molecule is CN(C)/C(CCc1ccccc1)=N\C(c1ccccc1)c1ccccc1. The molecule has 26 heavy (non-hydrogen) atoms. The molecule has 3 aromatic carbocycles. The Bertz CT molecular complexity index is 769. The topological polar surface area (TPSA) is 15.6 Å². The van der Waals surface area contributed by atoms with Gasteiger partial charge in [0, 0.05) is 20.5 Å². The highest BCUT2D eigenvalue weighted by Crippen LogP contribution is 2.26. The molecular weight excluding hydrogens is 316 g/mol. The third-order valence-electron chi connectivity index (χ3n) is 4.51. The van der Waals surface area contributed by atoms with Gasteiger partial charge in [0.25, 0.3) is 0 Å². The van der Waals surface area contributed by atoms with Crippen LogP contribution in [0.4, 0.5) is 0 Å². The van der Waals surface area contributed by atoms with E-state index in [-0.39, 0.29) is 6.04 Å². The van der Waals surface area contributed by atoms with E-state index < -0.39 is 0 Å². The number of benzene rings is 3. The summed E-state index contributed by atoms with van der Waals surface area (Å²) in [5.74, 6) is 1.12. The van der Waals surface area contributed by atoms with Gasteiger partial charge >= 0.3 is 0 Å². The molecule has 0 atom stereocenters. The Morgan fingerprint density at radius 3 is 1.65 bits per heavy atom. The smallest absolute Gasteiger partial charge is 0.102 e. The van der Waals surface area contributed by atoms with Gasteiger partial charge in [-0.3, -0.25) is 4.99 Å². The number of hydrogen-bond donors (Lipinski definition) is 0. The van der Waals surface area contributed by atoms with Crippen molar-refractivity contribution < 1.29 is 0 Å². The Hall–Kier alpha value is -2.87. The molecule has 0 aliphatic rings. The molecule has 2 nitrogen and oxygen atoms in total. The molecule has 3 rings (SSSR count). The van der Waals surface area contributed by atoms with Crippen LogP contribution in [0.1, 0.15) is 29.2 Å². The predicted octanol–water partition coefficient (Wildman–Crippen LogP) is 5.37. The van der Waals surface area contributed by atoms with Crippen molar-refractivity contribution in [1.82, 2.24) is 4.90 Å². The van der Waals surface area contributed by atoms with Crippen molar-refractivity contribution in [2.75, 3.05) is 14.1 Å². The van der Waals surface area contributed by atoms with Gasteiger partial charge in [0.1, 0.15) is 6.04 Å². The highest BCUT2D eigenvalue weighted by atomic mass is 15.1. The van der Waals surface area contributed by atoms with Crippen LogP contribution >= 0.6 is 0 Å². The molecule has 0 saturated heterocycles. The molecule has 0 N–H and O–H groups in total. The Balaban J connectivity index is 1.90. The van der Waals surface area contributed by atoms with Gasteiger partial charge in [-0.1, -0.05) is 91.0 Å². The molecule has 0 aliphatic heterocycles. The summed E-state index contributed by atoms with van der Waals surface area (Å²) >= 11 is 0. The van der Waals surface area contributed by atoms with Crippen LogP contribution in [0.25, 0.3) is 0 Å². The van der Waals surface area contributed by atoms with Crippen LogP contribution in [0, 0.1) is 0 Å². The zero-order valence-corrected chi connectivity index (χ0v) is 15.5. The van der Waals surface area contributed by atoms with Crippen LogP contribution in [0.2, 0.25) is 0 Å². The number of nitrogens with zero attached hydrogens (tertiary/aromatic N) is 2. The first-order valence-electron chi connectivity index (χ1n) is 9.12. The summed E-state index contributed by atoms with van der Waals surface area (Å²) in [5, 5.41) is 0. The maximum absolute atomic E-state index is 5.17. The van der Waals surface area contributed by atoms with E-state index in [4.69, 9.17) is 4.99 Å². The van der Waals surface area contributed by atoms with E-state index in [1.807, 2.05) is 0 Å².